The van der Waals surface area contributed by atoms with E-state index < -0.39 is 0 Å². The number of benzene rings is 1. The van der Waals surface area contributed by atoms with Gasteiger partial charge in [-0.05, 0) is 68.1 Å². The van der Waals surface area contributed by atoms with E-state index >= 15 is 0 Å². The molecule has 2 amide bonds. The molecule has 11 heteroatoms. The third-order valence-corrected chi connectivity index (χ3v) is 8.59. The number of piperidine rings is 1. The predicted octanol–water partition coefficient (Wildman–Crippen LogP) is 3.08. The van der Waals surface area contributed by atoms with Gasteiger partial charge in [0.05, 0.1) is 30.5 Å². The van der Waals surface area contributed by atoms with E-state index in [4.69, 9.17) is 9.47 Å². The Hall–Kier alpha value is -2.53. The standard InChI is InChI=1S/C31H46N6O4.ClH/c1-22(2)21-36(25-18-24(19-32-20-25)30(38)35-13-16-41-17-14-35)31(39)29-28(11-4-5-15-40-3)37(34-33-29)27-12-7-9-23-8-6-10-26(23)27;/h7,9,12,22,24-25,32H,4-6,8,10-11,13-21H2,1-3H3;1H/t24-,25+;/m1./s1. The Balaban J connectivity index is 0.00000405. The quantitative estimate of drug-likeness (QED) is 0.394. The highest BCUT2D eigenvalue weighted by Gasteiger charge is 2.37. The number of amides is 2. The van der Waals surface area contributed by atoms with Crippen LogP contribution in [0.4, 0.5) is 0 Å². The number of hydrogen-bond acceptors (Lipinski definition) is 7. The maximum Gasteiger partial charge on any atom is 0.276 e. The van der Waals surface area contributed by atoms with Crippen molar-refractivity contribution in [1.82, 2.24) is 30.1 Å². The zero-order valence-corrected chi connectivity index (χ0v) is 26.2. The minimum Gasteiger partial charge on any atom is -0.385 e. The number of carbonyl (C=O) groups excluding carboxylic acids is 2. The van der Waals surface area contributed by atoms with Crippen LogP contribution in [0.2, 0.25) is 0 Å². The van der Waals surface area contributed by atoms with Gasteiger partial charge in [-0.25, -0.2) is 4.68 Å². The predicted molar refractivity (Wildman–Crippen MR) is 163 cm³/mol. The Bertz CT molecular complexity index is 1200. The molecule has 2 atom stereocenters. The molecule has 1 N–H and O–H groups in total. The molecular formula is C31H47ClN6O4. The number of morpholine rings is 1. The molecule has 10 nitrogen and oxygen atoms in total. The summed E-state index contributed by atoms with van der Waals surface area (Å²) in [4.78, 5) is 31.6. The van der Waals surface area contributed by atoms with E-state index in [2.05, 4.69) is 47.7 Å². The van der Waals surface area contributed by atoms with Crippen LogP contribution in [0.5, 0.6) is 0 Å². The zero-order valence-electron chi connectivity index (χ0n) is 25.3. The number of rotatable bonds is 11. The summed E-state index contributed by atoms with van der Waals surface area (Å²) in [7, 11) is 1.72. The topological polar surface area (TPSA) is 102 Å². The van der Waals surface area contributed by atoms with Crippen molar-refractivity contribution in [3.8, 4) is 5.69 Å². The molecule has 2 aromatic rings. The van der Waals surface area contributed by atoms with Gasteiger partial charge in [0.2, 0.25) is 5.91 Å². The number of fused-ring (bicyclic) bond motifs is 1. The summed E-state index contributed by atoms with van der Waals surface area (Å²) in [5.74, 6) is 0.174. The number of aromatic nitrogens is 3. The second kappa shape index (κ2) is 15.3. The van der Waals surface area contributed by atoms with Gasteiger partial charge in [0.15, 0.2) is 5.69 Å². The van der Waals surface area contributed by atoms with E-state index in [-0.39, 0.29) is 42.1 Å². The fraction of sp³-hybridized carbons (Fsp3) is 0.677. The number of hydrogen-bond donors (Lipinski definition) is 1. The Morgan fingerprint density at radius 1 is 1.17 bits per heavy atom. The van der Waals surface area contributed by atoms with Gasteiger partial charge in [0.1, 0.15) is 0 Å². The summed E-state index contributed by atoms with van der Waals surface area (Å²) in [5, 5.41) is 12.6. The highest BCUT2D eigenvalue weighted by atomic mass is 35.5. The van der Waals surface area contributed by atoms with Gasteiger partial charge in [-0.2, -0.15) is 0 Å². The Kier molecular flexibility index (Phi) is 11.8. The summed E-state index contributed by atoms with van der Waals surface area (Å²) in [6.07, 6.45) is 6.34. The van der Waals surface area contributed by atoms with E-state index in [0.29, 0.717) is 71.1 Å². The van der Waals surface area contributed by atoms with Gasteiger partial charge < -0.3 is 24.6 Å². The molecule has 0 spiro atoms. The second-order valence-corrected chi connectivity index (χ2v) is 12.0. The molecule has 2 saturated heterocycles. The second-order valence-electron chi connectivity index (χ2n) is 12.0. The summed E-state index contributed by atoms with van der Waals surface area (Å²) in [6, 6.07) is 6.29. The highest BCUT2D eigenvalue weighted by molar-refractivity contribution is 5.94. The summed E-state index contributed by atoms with van der Waals surface area (Å²) in [6.45, 7) is 9.26. The van der Waals surface area contributed by atoms with Crippen LogP contribution in [-0.2, 0) is 33.5 Å². The van der Waals surface area contributed by atoms with E-state index in [0.717, 1.165) is 43.5 Å². The van der Waals surface area contributed by atoms with Gasteiger partial charge in [-0.1, -0.05) is 31.2 Å². The maximum atomic E-state index is 14.4. The lowest BCUT2D eigenvalue weighted by Crippen LogP contribution is -2.56. The molecule has 1 aromatic carbocycles. The van der Waals surface area contributed by atoms with E-state index in [1.54, 1.807) is 7.11 Å². The van der Waals surface area contributed by atoms with Crippen LogP contribution < -0.4 is 5.32 Å². The lowest BCUT2D eigenvalue weighted by Gasteiger charge is -2.40. The number of nitrogens with zero attached hydrogens (tertiary/aromatic N) is 5. The molecule has 0 radical (unpaired) electrons. The van der Waals surface area contributed by atoms with Crippen molar-refractivity contribution < 1.29 is 19.1 Å². The van der Waals surface area contributed by atoms with Crippen LogP contribution in [0.25, 0.3) is 5.69 Å². The maximum absolute atomic E-state index is 14.4. The number of unbranched alkanes of at least 4 members (excludes halogenated alkanes) is 1. The molecular weight excluding hydrogens is 556 g/mol. The lowest BCUT2D eigenvalue weighted by atomic mass is 9.92. The Labute approximate surface area is 255 Å². The van der Waals surface area contributed by atoms with Gasteiger partial charge in [-0.15, -0.1) is 17.5 Å². The van der Waals surface area contributed by atoms with Crippen molar-refractivity contribution >= 4 is 24.2 Å². The zero-order chi connectivity index (χ0) is 28.8. The van der Waals surface area contributed by atoms with Gasteiger partial charge in [0, 0.05) is 52.5 Å². The van der Waals surface area contributed by atoms with E-state index in [1.165, 1.54) is 11.1 Å². The van der Waals surface area contributed by atoms with Crippen LogP contribution >= 0.6 is 12.4 Å². The Morgan fingerprint density at radius 2 is 1.98 bits per heavy atom. The van der Waals surface area contributed by atoms with Crippen LogP contribution in [0.15, 0.2) is 18.2 Å². The molecule has 42 heavy (non-hydrogen) atoms. The number of halogens is 1. The van der Waals surface area contributed by atoms with E-state index in [9.17, 15) is 9.59 Å². The van der Waals surface area contributed by atoms with Crippen LogP contribution in [0, 0.1) is 11.8 Å². The Morgan fingerprint density at radius 3 is 2.74 bits per heavy atom. The normalized spacial score (nSPS) is 20.3. The van der Waals surface area contributed by atoms with E-state index in [1.807, 2.05) is 14.5 Å². The van der Waals surface area contributed by atoms with Crippen molar-refractivity contribution in [3.05, 3.63) is 40.7 Å². The molecule has 0 saturated carbocycles. The number of methoxy groups -OCH3 is 1. The van der Waals surface area contributed by atoms with Crippen LogP contribution in [-0.4, -0.2) is 102 Å². The minimum absolute atomic E-state index is 0. The molecule has 1 aromatic heterocycles. The fourth-order valence-corrected chi connectivity index (χ4v) is 6.54. The first kappa shape index (κ1) is 32.4. The van der Waals surface area contributed by atoms with Crippen molar-refractivity contribution in [2.75, 3.05) is 59.7 Å². The van der Waals surface area contributed by atoms with Gasteiger partial charge >= 0.3 is 0 Å². The average molecular weight is 603 g/mol. The van der Waals surface area contributed by atoms with Gasteiger partial charge in [-0.3, -0.25) is 9.59 Å². The number of aryl methyl sites for hydroxylation is 1. The van der Waals surface area contributed by atoms with Crippen LogP contribution in [0.3, 0.4) is 0 Å². The summed E-state index contributed by atoms with van der Waals surface area (Å²) < 4.78 is 12.7. The first-order valence-corrected chi connectivity index (χ1v) is 15.4. The largest absolute Gasteiger partial charge is 0.385 e. The van der Waals surface area contributed by atoms with Crippen molar-refractivity contribution in [1.29, 1.82) is 0 Å². The molecule has 1 aliphatic carbocycles. The molecule has 2 fully saturated rings. The fourth-order valence-electron chi connectivity index (χ4n) is 6.54. The molecule has 0 unspecified atom stereocenters. The third kappa shape index (κ3) is 7.33. The molecule has 0 bridgehead atoms. The monoisotopic (exact) mass is 602 g/mol. The molecule has 5 rings (SSSR count). The third-order valence-electron chi connectivity index (χ3n) is 8.59. The van der Waals surface area contributed by atoms with Crippen molar-refractivity contribution in [3.63, 3.8) is 0 Å². The SMILES string of the molecule is COCCCCc1c(C(=O)N(CC(C)C)[C@@H]2CNC[C@H](C(=O)N3CCOCC3)C2)nnn1-c1cccc2c1CCC2.Cl. The summed E-state index contributed by atoms with van der Waals surface area (Å²) in [5.41, 5.74) is 5.01. The first-order chi connectivity index (χ1) is 20.0. The van der Waals surface area contributed by atoms with Crippen molar-refractivity contribution in [2.24, 2.45) is 11.8 Å². The highest BCUT2D eigenvalue weighted by Crippen LogP contribution is 2.30. The van der Waals surface area contributed by atoms with Crippen LogP contribution in [0.1, 0.15) is 66.8 Å². The molecule has 2 aliphatic heterocycles. The molecule has 3 heterocycles. The lowest BCUT2D eigenvalue weighted by molar-refractivity contribution is -0.140. The van der Waals surface area contributed by atoms with Crippen molar-refractivity contribution in [2.45, 2.75) is 64.8 Å². The average Bonchev–Trinajstić information content (AvgIpc) is 3.65. The molecule has 3 aliphatic rings. The number of nitrogens with one attached hydrogen (secondary N) is 1. The molecule has 232 valence electrons. The number of ether oxygens (including phenoxy) is 2. The minimum atomic E-state index is -0.162. The smallest absolute Gasteiger partial charge is 0.276 e. The number of carbonyl (C=O) groups is 2. The first-order valence-electron chi connectivity index (χ1n) is 15.4. The van der Waals surface area contributed by atoms with Gasteiger partial charge in [0.25, 0.3) is 5.91 Å². The summed E-state index contributed by atoms with van der Waals surface area (Å²) >= 11 is 0.